The van der Waals surface area contributed by atoms with Crippen molar-refractivity contribution in [3.8, 4) is 0 Å². The second-order valence-corrected chi connectivity index (χ2v) is 6.29. The monoisotopic (exact) mass is 300 g/mol. The lowest BCUT2D eigenvalue weighted by Crippen LogP contribution is -2.23. The predicted octanol–water partition coefficient (Wildman–Crippen LogP) is 2.93. The van der Waals surface area contributed by atoms with Crippen LogP contribution in [0.1, 0.15) is 29.0 Å². The van der Waals surface area contributed by atoms with E-state index in [4.69, 9.17) is 4.52 Å². The molecule has 1 atom stereocenters. The van der Waals surface area contributed by atoms with E-state index >= 15 is 0 Å². The first kappa shape index (κ1) is 15.0. The predicted molar refractivity (Wildman–Crippen MR) is 86.8 cm³/mol. The fraction of sp³-hybridized carbons (Fsp3) is 0.529. The Morgan fingerprint density at radius 2 is 2.23 bits per heavy atom. The summed E-state index contributed by atoms with van der Waals surface area (Å²) >= 11 is 0. The quantitative estimate of drug-likeness (QED) is 0.920. The van der Waals surface area contributed by atoms with Gasteiger partial charge in [0.15, 0.2) is 0 Å². The van der Waals surface area contributed by atoms with Gasteiger partial charge in [0.25, 0.3) is 0 Å². The van der Waals surface area contributed by atoms with E-state index in [9.17, 15) is 0 Å². The summed E-state index contributed by atoms with van der Waals surface area (Å²) in [5.41, 5.74) is 3.50. The van der Waals surface area contributed by atoms with Crippen LogP contribution < -0.4 is 5.32 Å². The molecular formula is C17H24N4O. The van der Waals surface area contributed by atoms with Crippen molar-refractivity contribution in [2.24, 2.45) is 5.92 Å². The highest BCUT2D eigenvalue weighted by molar-refractivity contribution is 5.36. The number of rotatable bonds is 5. The molecule has 1 saturated heterocycles. The fourth-order valence-electron chi connectivity index (χ4n) is 3.06. The first-order valence-corrected chi connectivity index (χ1v) is 7.92. The van der Waals surface area contributed by atoms with Gasteiger partial charge in [-0.25, -0.2) is 4.98 Å². The van der Waals surface area contributed by atoms with Crippen molar-refractivity contribution >= 4 is 5.82 Å². The Hall–Kier alpha value is -1.88. The van der Waals surface area contributed by atoms with Crippen molar-refractivity contribution < 1.29 is 4.52 Å². The maximum atomic E-state index is 5.25. The maximum absolute atomic E-state index is 5.25. The van der Waals surface area contributed by atoms with E-state index in [0.29, 0.717) is 5.92 Å². The Labute approximate surface area is 131 Å². The van der Waals surface area contributed by atoms with Crippen molar-refractivity contribution in [1.29, 1.82) is 0 Å². The van der Waals surface area contributed by atoms with Gasteiger partial charge in [-0.3, -0.25) is 4.90 Å². The molecule has 3 rings (SSSR count). The van der Waals surface area contributed by atoms with E-state index < -0.39 is 0 Å². The Kier molecular flexibility index (Phi) is 4.43. The molecule has 0 saturated carbocycles. The van der Waals surface area contributed by atoms with Crippen LogP contribution in [0, 0.1) is 26.7 Å². The molecule has 5 nitrogen and oxygen atoms in total. The van der Waals surface area contributed by atoms with E-state index in [1.165, 1.54) is 17.5 Å². The molecule has 0 spiro atoms. The van der Waals surface area contributed by atoms with Gasteiger partial charge in [0.2, 0.25) is 0 Å². The summed E-state index contributed by atoms with van der Waals surface area (Å²) in [6, 6.07) is 4.11. The number of hydrogen-bond donors (Lipinski definition) is 1. The molecule has 1 aliphatic rings. The molecule has 0 unspecified atom stereocenters. The Morgan fingerprint density at radius 1 is 1.36 bits per heavy atom. The molecule has 22 heavy (non-hydrogen) atoms. The number of nitrogens with one attached hydrogen (secondary N) is 1. The minimum atomic E-state index is 0.669. The maximum Gasteiger partial charge on any atom is 0.138 e. The smallest absolute Gasteiger partial charge is 0.138 e. The molecule has 3 heterocycles. The summed E-state index contributed by atoms with van der Waals surface area (Å²) in [5.74, 6) is 2.59. The van der Waals surface area contributed by atoms with Crippen molar-refractivity contribution in [2.75, 3.05) is 25.0 Å². The van der Waals surface area contributed by atoms with Gasteiger partial charge in [-0.2, -0.15) is 0 Å². The molecule has 0 aliphatic carbocycles. The van der Waals surface area contributed by atoms with E-state index in [2.05, 4.69) is 33.3 Å². The lowest BCUT2D eigenvalue weighted by Gasteiger charge is -2.16. The highest BCUT2D eigenvalue weighted by atomic mass is 16.5. The standard InChI is InChI=1S/C17H24N4O/c1-12-4-6-18-17(8-12)19-9-15-5-7-21(10-15)11-16-13(2)20-22-14(16)3/h4,6,8,15H,5,7,9-11H2,1-3H3,(H,18,19)/t15-/m0/s1. The first-order valence-electron chi connectivity index (χ1n) is 7.92. The summed E-state index contributed by atoms with van der Waals surface area (Å²) in [7, 11) is 0. The van der Waals surface area contributed by atoms with Gasteiger partial charge in [-0.15, -0.1) is 0 Å². The van der Waals surface area contributed by atoms with E-state index in [1.54, 1.807) is 0 Å². The molecule has 118 valence electrons. The van der Waals surface area contributed by atoms with Crippen LogP contribution in [-0.2, 0) is 6.54 Å². The zero-order chi connectivity index (χ0) is 15.5. The molecule has 1 fully saturated rings. The zero-order valence-corrected chi connectivity index (χ0v) is 13.6. The molecule has 1 aliphatic heterocycles. The number of aromatic nitrogens is 2. The minimum Gasteiger partial charge on any atom is -0.370 e. The Bertz CT molecular complexity index is 618. The molecule has 5 heteroatoms. The lowest BCUT2D eigenvalue weighted by molar-refractivity contribution is 0.315. The van der Waals surface area contributed by atoms with Crippen LogP contribution in [0.15, 0.2) is 22.9 Å². The molecule has 2 aromatic heterocycles. The summed E-state index contributed by atoms with van der Waals surface area (Å²) < 4.78 is 5.25. The molecule has 0 aromatic carbocycles. The van der Waals surface area contributed by atoms with E-state index in [0.717, 1.165) is 43.5 Å². The van der Waals surface area contributed by atoms with Crippen molar-refractivity contribution in [3.63, 3.8) is 0 Å². The summed E-state index contributed by atoms with van der Waals surface area (Å²) in [6.07, 6.45) is 3.08. The second-order valence-electron chi connectivity index (χ2n) is 6.29. The van der Waals surface area contributed by atoms with Gasteiger partial charge < -0.3 is 9.84 Å². The van der Waals surface area contributed by atoms with Gasteiger partial charge in [0.1, 0.15) is 11.6 Å². The van der Waals surface area contributed by atoms with E-state index in [1.807, 2.05) is 26.1 Å². The van der Waals surface area contributed by atoms with Crippen LogP contribution >= 0.6 is 0 Å². The second kappa shape index (κ2) is 6.48. The molecule has 0 bridgehead atoms. The summed E-state index contributed by atoms with van der Waals surface area (Å²) in [6.45, 7) is 10.3. The number of pyridine rings is 1. The third-order valence-electron chi connectivity index (χ3n) is 4.42. The Balaban J connectivity index is 1.50. The number of anilines is 1. The normalized spacial score (nSPS) is 18.8. The number of hydrogen-bond acceptors (Lipinski definition) is 5. The highest BCUT2D eigenvalue weighted by Gasteiger charge is 2.24. The third-order valence-corrected chi connectivity index (χ3v) is 4.42. The van der Waals surface area contributed by atoms with Crippen LogP contribution in [0.5, 0.6) is 0 Å². The van der Waals surface area contributed by atoms with Gasteiger partial charge >= 0.3 is 0 Å². The first-order chi connectivity index (χ1) is 10.6. The SMILES string of the molecule is Cc1ccnc(NC[C@@H]2CCN(Cc3c(C)noc3C)C2)c1. The molecule has 2 aromatic rings. The third kappa shape index (κ3) is 3.47. The lowest BCUT2D eigenvalue weighted by atomic mass is 10.1. The fourth-order valence-corrected chi connectivity index (χ4v) is 3.06. The van der Waals surface area contributed by atoms with Crippen LogP contribution in [-0.4, -0.2) is 34.7 Å². The molecule has 1 N–H and O–H groups in total. The number of aryl methyl sites for hydroxylation is 3. The molecular weight excluding hydrogens is 276 g/mol. The van der Waals surface area contributed by atoms with Crippen LogP contribution in [0.2, 0.25) is 0 Å². The van der Waals surface area contributed by atoms with Crippen LogP contribution in [0.4, 0.5) is 5.82 Å². The van der Waals surface area contributed by atoms with Crippen molar-refractivity contribution in [3.05, 3.63) is 40.9 Å². The van der Waals surface area contributed by atoms with E-state index in [-0.39, 0.29) is 0 Å². The van der Waals surface area contributed by atoms with Gasteiger partial charge in [0, 0.05) is 31.4 Å². The van der Waals surface area contributed by atoms with Crippen LogP contribution in [0.25, 0.3) is 0 Å². The minimum absolute atomic E-state index is 0.669. The molecule has 0 amide bonds. The number of nitrogens with zero attached hydrogens (tertiary/aromatic N) is 3. The van der Waals surface area contributed by atoms with Crippen molar-refractivity contribution in [1.82, 2.24) is 15.0 Å². The van der Waals surface area contributed by atoms with Gasteiger partial charge in [-0.05, 0) is 57.4 Å². The van der Waals surface area contributed by atoms with Gasteiger partial charge in [-0.1, -0.05) is 5.16 Å². The van der Waals surface area contributed by atoms with Gasteiger partial charge in [0.05, 0.1) is 5.69 Å². The summed E-state index contributed by atoms with van der Waals surface area (Å²) in [5, 5.41) is 7.50. The molecule has 0 radical (unpaired) electrons. The largest absolute Gasteiger partial charge is 0.370 e. The topological polar surface area (TPSA) is 54.2 Å². The number of likely N-dealkylation sites (tertiary alicyclic amines) is 1. The Morgan fingerprint density at radius 3 is 2.95 bits per heavy atom. The average Bonchev–Trinajstić information content (AvgIpc) is 3.07. The van der Waals surface area contributed by atoms with Crippen LogP contribution in [0.3, 0.4) is 0 Å². The van der Waals surface area contributed by atoms with Crippen molar-refractivity contribution in [2.45, 2.75) is 33.7 Å². The zero-order valence-electron chi connectivity index (χ0n) is 13.6. The highest BCUT2D eigenvalue weighted by Crippen LogP contribution is 2.22. The summed E-state index contributed by atoms with van der Waals surface area (Å²) in [4.78, 5) is 6.85. The average molecular weight is 300 g/mol.